The Balaban J connectivity index is 2.03. The van der Waals surface area contributed by atoms with Crippen LogP contribution in [0, 0.1) is 12.7 Å². The van der Waals surface area contributed by atoms with Gasteiger partial charge in [-0.25, -0.2) is 9.37 Å². The minimum atomic E-state index is -0.211. The smallest absolute Gasteiger partial charge is 0.123 e. The lowest BCUT2D eigenvalue weighted by Gasteiger charge is -2.11. The molecule has 20 heavy (non-hydrogen) atoms. The Morgan fingerprint density at radius 2 is 2.05 bits per heavy atom. The lowest BCUT2D eigenvalue weighted by molar-refractivity contribution is 0.199. The number of nitrogens with zero attached hydrogens (tertiary/aromatic N) is 2. The van der Waals surface area contributed by atoms with Gasteiger partial charge in [0.15, 0.2) is 0 Å². The fourth-order valence-corrected chi connectivity index (χ4v) is 2.04. The van der Waals surface area contributed by atoms with Gasteiger partial charge in [0.2, 0.25) is 0 Å². The molecule has 1 aromatic carbocycles. The standard InChI is InChI=1S/C15H20FN3O/c1-12-18-10-15(9-17-7-8-20-2)19(12)11-13-3-5-14(16)6-4-13/h3-6,10,17H,7-9,11H2,1-2H3. The zero-order valence-corrected chi connectivity index (χ0v) is 11.9. The average molecular weight is 277 g/mol. The van der Waals surface area contributed by atoms with Crippen LogP contribution in [0.15, 0.2) is 30.5 Å². The number of methoxy groups -OCH3 is 1. The SMILES string of the molecule is COCCNCc1cnc(C)n1Cc1ccc(F)cc1. The summed E-state index contributed by atoms with van der Waals surface area (Å²) >= 11 is 0. The van der Waals surface area contributed by atoms with Crippen LogP contribution in [-0.4, -0.2) is 29.8 Å². The Hall–Kier alpha value is -1.72. The van der Waals surface area contributed by atoms with Crippen LogP contribution in [0.1, 0.15) is 17.1 Å². The second kappa shape index (κ2) is 7.17. The van der Waals surface area contributed by atoms with Gasteiger partial charge in [-0.3, -0.25) is 0 Å². The van der Waals surface area contributed by atoms with Crippen LogP contribution >= 0.6 is 0 Å². The van der Waals surface area contributed by atoms with Crippen LogP contribution in [0.3, 0.4) is 0 Å². The zero-order valence-electron chi connectivity index (χ0n) is 11.9. The monoisotopic (exact) mass is 277 g/mol. The van der Waals surface area contributed by atoms with Crippen molar-refractivity contribution in [3.05, 3.63) is 53.4 Å². The van der Waals surface area contributed by atoms with Crippen molar-refractivity contribution >= 4 is 0 Å². The first-order valence-corrected chi connectivity index (χ1v) is 6.66. The number of hydrogen-bond donors (Lipinski definition) is 1. The molecule has 0 radical (unpaired) electrons. The van der Waals surface area contributed by atoms with E-state index in [1.54, 1.807) is 19.2 Å². The van der Waals surface area contributed by atoms with Crippen molar-refractivity contribution in [2.45, 2.75) is 20.0 Å². The van der Waals surface area contributed by atoms with Crippen LogP contribution < -0.4 is 5.32 Å². The molecule has 1 aromatic heterocycles. The van der Waals surface area contributed by atoms with Gasteiger partial charge in [0, 0.05) is 32.9 Å². The highest BCUT2D eigenvalue weighted by Crippen LogP contribution is 2.10. The molecule has 0 amide bonds. The van der Waals surface area contributed by atoms with Crippen LogP contribution in [-0.2, 0) is 17.8 Å². The van der Waals surface area contributed by atoms with E-state index in [9.17, 15) is 4.39 Å². The van der Waals surface area contributed by atoms with E-state index in [1.165, 1.54) is 12.1 Å². The molecule has 4 nitrogen and oxygen atoms in total. The first kappa shape index (κ1) is 14.7. The summed E-state index contributed by atoms with van der Waals surface area (Å²) in [5.41, 5.74) is 2.17. The minimum Gasteiger partial charge on any atom is -0.383 e. The van der Waals surface area contributed by atoms with Gasteiger partial charge in [0.1, 0.15) is 11.6 Å². The molecular weight excluding hydrogens is 257 g/mol. The predicted molar refractivity (Wildman–Crippen MR) is 76.0 cm³/mol. The van der Waals surface area contributed by atoms with Crippen LogP contribution in [0.25, 0.3) is 0 Å². The average Bonchev–Trinajstić information content (AvgIpc) is 2.79. The highest BCUT2D eigenvalue weighted by Gasteiger charge is 2.07. The molecule has 108 valence electrons. The maximum atomic E-state index is 12.9. The Morgan fingerprint density at radius 3 is 2.75 bits per heavy atom. The Morgan fingerprint density at radius 1 is 1.30 bits per heavy atom. The molecule has 0 unspecified atom stereocenters. The van der Waals surface area contributed by atoms with Gasteiger partial charge in [-0.05, 0) is 24.6 Å². The van der Waals surface area contributed by atoms with Crippen LogP contribution in [0.4, 0.5) is 4.39 Å². The summed E-state index contributed by atoms with van der Waals surface area (Å²) in [5, 5.41) is 3.31. The third-order valence-corrected chi connectivity index (χ3v) is 3.18. The van der Waals surface area contributed by atoms with Crippen LogP contribution in [0.2, 0.25) is 0 Å². The summed E-state index contributed by atoms with van der Waals surface area (Å²) in [6.07, 6.45) is 1.87. The first-order chi connectivity index (χ1) is 9.70. The molecule has 1 heterocycles. The van der Waals surface area contributed by atoms with Crippen LogP contribution in [0.5, 0.6) is 0 Å². The van der Waals surface area contributed by atoms with Gasteiger partial charge < -0.3 is 14.6 Å². The lowest BCUT2D eigenvalue weighted by Crippen LogP contribution is -2.21. The number of nitrogens with one attached hydrogen (secondary N) is 1. The van der Waals surface area contributed by atoms with E-state index in [2.05, 4.69) is 14.9 Å². The highest BCUT2D eigenvalue weighted by molar-refractivity contribution is 5.18. The quantitative estimate of drug-likeness (QED) is 0.788. The molecule has 0 atom stereocenters. The van der Waals surface area contributed by atoms with Crippen molar-refractivity contribution in [2.24, 2.45) is 0 Å². The van der Waals surface area contributed by atoms with Crippen molar-refractivity contribution in [2.75, 3.05) is 20.3 Å². The van der Waals surface area contributed by atoms with Gasteiger partial charge in [-0.2, -0.15) is 0 Å². The van der Waals surface area contributed by atoms with Crippen molar-refractivity contribution in [1.29, 1.82) is 0 Å². The third-order valence-electron chi connectivity index (χ3n) is 3.18. The van der Waals surface area contributed by atoms with Gasteiger partial charge in [-0.1, -0.05) is 12.1 Å². The van der Waals surface area contributed by atoms with Gasteiger partial charge in [0.25, 0.3) is 0 Å². The third kappa shape index (κ3) is 3.88. The largest absolute Gasteiger partial charge is 0.383 e. The molecule has 0 aliphatic carbocycles. The normalized spacial score (nSPS) is 10.9. The number of rotatable bonds is 7. The topological polar surface area (TPSA) is 39.1 Å². The van der Waals surface area contributed by atoms with Gasteiger partial charge >= 0.3 is 0 Å². The molecule has 0 aliphatic heterocycles. The van der Waals surface area contributed by atoms with Crippen molar-refractivity contribution in [1.82, 2.24) is 14.9 Å². The van der Waals surface area contributed by atoms with E-state index in [0.717, 1.165) is 30.2 Å². The van der Waals surface area contributed by atoms with Crippen molar-refractivity contribution < 1.29 is 9.13 Å². The summed E-state index contributed by atoms with van der Waals surface area (Å²) < 4.78 is 20.1. The summed E-state index contributed by atoms with van der Waals surface area (Å²) in [7, 11) is 1.69. The van der Waals surface area contributed by atoms with E-state index in [0.29, 0.717) is 13.2 Å². The Kier molecular flexibility index (Phi) is 5.26. The molecule has 0 bridgehead atoms. The molecule has 0 aliphatic rings. The van der Waals surface area contributed by atoms with Gasteiger partial charge in [0.05, 0.1) is 12.3 Å². The van der Waals surface area contributed by atoms with E-state index in [4.69, 9.17) is 4.74 Å². The van der Waals surface area contributed by atoms with Crippen molar-refractivity contribution in [3.63, 3.8) is 0 Å². The maximum Gasteiger partial charge on any atom is 0.123 e. The number of benzene rings is 1. The molecule has 2 rings (SSSR count). The second-order valence-corrected chi connectivity index (χ2v) is 4.68. The zero-order chi connectivity index (χ0) is 14.4. The Bertz CT molecular complexity index is 537. The molecule has 0 spiro atoms. The molecule has 0 fully saturated rings. The highest BCUT2D eigenvalue weighted by atomic mass is 19.1. The number of halogens is 1. The molecule has 1 N–H and O–H groups in total. The molecule has 0 saturated heterocycles. The fraction of sp³-hybridized carbons (Fsp3) is 0.400. The first-order valence-electron chi connectivity index (χ1n) is 6.66. The summed E-state index contributed by atoms with van der Waals surface area (Å²) in [4.78, 5) is 4.35. The Labute approximate surface area is 118 Å². The molecule has 5 heteroatoms. The van der Waals surface area contributed by atoms with E-state index in [1.807, 2.05) is 13.1 Å². The summed E-state index contributed by atoms with van der Waals surface area (Å²) in [5.74, 6) is 0.746. The van der Waals surface area contributed by atoms with E-state index in [-0.39, 0.29) is 5.82 Å². The number of imidazole rings is 1. The molecular formula is C15H20FN3O. The van der Waals surface area contributed by atoms with E-state index < -0.39 is 0 Å². The van der Waals surface area contributed by atoms with Gasteiger partial charge in [-0.15, -0.1) is 0 Å². The number of ether oxygens (including phenoxy) is 1. The second-order valence-electron chi connectivity index (χ2n) is 4.68. The fourth-order valence-electron chi connectivity index (χ4n) is 2.04. The van der Waals surface area contributed by atoms with E-state index >= 15 is 0 Å². The molecule has 0 saturated carbocycles. The summed E-state index contributed by atoms with van der Waals surface area (Å²) in [6.45, 7) is 4.91. The number of aromatic nitrogens is 2. The predicted octanol–water partition coefficient (Wildman–Crippen LogP) is 2.11. The maximum absolute atomic E-state index is 12.9. The van der Waals surface area contributed by atoms with Crippen molar-refractivity contribution in [3.8, 4) is 0 Å². The number of hydrogen-bond acceptors (Lipinski definition) is 3. The summed E-state index contributed by atoms with van der Waals surface area (Å²) in [6, 6.07) is 6.57. The number of aryl methyl sites for hydroxylation is 1. The molecule has 2 aromatic rings. The lowest BCUT2D eigenvalue weighted by atomic mass is 10.2. The minimum absolute atomic E-state index is 0.211.